The smallest absolute Gasteiger partial charge is 0.188 e. The number of benzene rings is 2. The van der Waals surface area contributed by atoms with Gasteiger partial charge in [0.2, 0.25) is 0 Å². The van der Waals surface area contributed by atoms with E-state index in [0.717, 1.165) is 25.9 Å². The number of hydrogen-bond donors (Lipinski definition) is 4. The lowest BCUT2D eigenvalue weighted by atomic mass is 10.1. The van der Waals surface area contributed by atoms with Gasteiger partial charge in [-0.25, -0.2) is 9.98 Å². The van der Waals surface area contributed by atoms with Crippen LogP contribution in [0.5, 0.6) is 0 Å². The lowest BCUT2D eigenvalue weighted by molar-refractivity contribution is 0.585. The number of aliphatic imine (C=N–C) groups is 2. The standard InChI is InChI=1S/C24H36N6/c25-23(29-19-21-13-7-5-8-14-21)27-17-11-3-1-2-4-12-18-28-24(26)30-20-22-15-9-6-10-16-22/h5-10,13-16H,1-4,11-12,17-20H2,(H3,25,27,29)(H3,26,28,30). The molecule has 162 valence electrons. The summed E-state index contributed by atoms with van der Waals surface area (Å²) >= 11 is 0. The highest BCUT2D eigenvalue weighted by Gasteiger charge is 1.96. The molecule has 0 amide bonds. The molecule has 0 unspecified atom stereocenters. The minimum absolute atomic E-state index is 0.524. The minimum atomic E-state index is 0.524. The van der Waals surface area contributed by atoms with E-state index in [2.05, 4.69) is 44.9 Å². The van der Waals surface area contributed by atoms with Crippen molar-refractivity contribution in [1.29, 1.82) is 0 Å². The van der Waals surface area contributed by atoms with Crippen LogP contribution in [0.4, 0.5) is 0 Å². The van der Waals surface area contributed by atoms with Gasteiger partial charge in [-0.1, -0.05) is 86.3 Å². The highest BCUT2D eigenvalue weighted by atomic mass is 15.1. The van der Waals surface area contributed by atoms with Crippen LogP contribution in [0.25, 0.3) is 0 Å². The van der Waals surface area contributed by atoms with Crippen LogP contribution in [0.2, 0.25) is 0 Å². The van der Waals surface area contributed by atoms with E-state index in [-0.39, 0.29) is 0 Å². The summed E-state index contributed by atoms with van der Waals surface area (Å²) in [5.41, 5.74) is 14.2. The number of hydrogen-bond acceptors (Lipinski definition) is 2. The first kappa shape index (κ1) is 23.3. The number of nitrogens with zero attached hydrogens (tertiary/aromatic N) is 2. The number of nitrogens with one attached hydrogen (secondary N) is 2. The molecule has 30 heavy (non-hydrogen) atoms. The second-order valence-corrected chi connectivity index (χ2v) is 7.35. The Hall–Kier alpha value is -3.02. The Bertz CT molecular complexity index is 677. The van der Waals surface area contributed by atoms with Crippen LogP contribution >= 0.6 is 0 Å². The maximum Gasteiger partial charge on any atom is 0.188 e. The van der Waals surface area contributed by atoms with Gasteiger partial charge in [0, 0.05) is 13.1 Å². The number of guanidine groups is 2. The molecule has 6 N–H and O–H groups in total. The van der Waals surface area contributed by atoms with Gasteiger partial charge in [0.05, 0.1) is 13.1 Å². The van der Waals surface area contributed by atoms with Gasteiger partial charge in [0.15, 0.2) is 11.9 Å². The summed E-state index contributed by atoms with van der Waals surface area (Å²) in [4.78, 5) is 8.73. The van der Waals surface area contributed by atoms with Crippen molar-refractivity contribution in [2.24, 2.45) is 21.5 Å². The van der Waals surface area contributed by atoms with Crippen LogP contribution in [0, 0.1) is 0 Å². The van der Waals surface area contributed by atoms with Gasteiger partial charge in [-0.15, -0.1) is 0 Å². The van der Waals surface area contributed by atoms with Crippen LogP contribution in [-0.2, 0) is 13.1 Å². The largest absolute Gasteiger partial charge is 0.370 e. The third kappa shape index (κ3) is 11.1. The fraction of sp³-hybridized carbons (Fsp3) is 0.417. The molecule has 0 saturated carbocycles. The Kier molecular flexibility index (Phi) is 11.6. The van der Waals surface area contributed by atoms with E-state index in [9.17, 15) is 0 Å². The van der Waals surface area contributed by atoms with Crippen molar-refractivity contribution < 1.29 is 0 Å². The molecule has 0 heterocycles. The first-order valence-electron chi connectivity index (χ1n) is 10.9. The fourth-order valence-electron chi connectivity index (χ4n) is 3.02. The van der Waals surface area contributed by atoms with Gasteiger partial charge >= 0.3 is 0 Å². The predicted molar refractivity (Wildman–Crippen MR) is 127 cm³/mol. The van der Waals surface area contributed by atoms with Gasteiger partial charge < -0.3 is 22.1 Å². The molecule has 0 aromatic heterocycles. The highest BCUT2D eigenvalue weighted by Crippen LogP contribution is 2.05. The molecule has 2 rings (SSSR count). The molecule has 0 spiro atoms. The van der Waals surface area contributed by atoms with E-state index in [1.807, 2.05) is 36.4 Å². The van der Waals surface area contributed by atoms with Crippen molar-refractivity contribution >= 4 is 11.9 Å². The van der Waals surface area contributed by atoms with E-state index >= 15 is 0 Å². The molecule has 0 atom stereocenters. The van der Waals surface area contributed by atoms with Crippen LogP contribution in [0.3, 0.4) is 0 Å². The second kappa shape index (κ2) is 14.9. The van der Waals surface area contributed by atoms with Crippen molar-refractivity contribution in [2.75, 3.05) is 13.1 Å². The van der Waals surface area contributed by atoms with Gasteiger partial charge in [-0.2, -0.15) is 0 Å². The van der Waals surface area contributed by atoms with E-state index in [1.165, 1.54) is 36.8 Å². The molecule has 6 nitrogen and oxygen atoms in total. The Morgan fingerprint density at radius 2 is 0.933 bits per heavy atom. The average molecular weight is 409 g/mol. The second-order valence-electron chi connectivity index (χ2n) is 7.35. The Balaban J connectivity index is 1.40. The van der Waals surface area contributed by atoms with Crippen molar-refractivity contribution in [1.82, 2.24) is 10.6 Å². The molecule has 6 heteroatoms. The summed E-state index contributed by atoms with van der Waals surface area (Å²) in [5.74, 6) is 1.05. The SMILES string of the molecule is NC(=NCc1ccccc1)NCCCCCCCCNC(N)=NCc1ccccc1. The van der Waals surface area contributed by atoms with Crippen molar-refractivity contribution in [3.63, 3.8) is 0 Å². The van der Waals surface area contributed by atoms with Crippen LogP contribution < -0.4 is 22.1 Å². The van der Waals surface area contributed by atoms with Crippen molar-refractivity contribution in [3.05, 3.63) is 71.8 Å². The molecule has 2 aromatic carbocycles. The van der Waals surface area contributed by atoms with Gasteiger partial charge in [-0.05, 0) is 24.0 Å². The Morgan fingerprint density at radius 3 is 1.33 bits per heavy atom. The molecule has 0 aliphatic rings. The molecule has 2 aromatic rings. The number of unbranched alkanes of at least 4 members (excludes halogenated alkanes) is 5. The molecular weight excluding hydrogens is 372 g/mol. The molecule has 0 aliphatic carbocycles. The third-order valence-corrected chi connectivity index (χ3v) is 4.77. The molecular formula is C24H36N6. The Labute approximate surface area is 180 Å². The lowest BCUT2D eigenvalue weighted by Gasteiger charge is -2.07. The molecule has 0 saturated heterocycles. The van der Waals surface area contributed by atoms with E-state index in [0.29, 0.717) is 25.0 Å². The van der Waals surface area contributed by atoms with Gasteiger partial charge in [0.1, 0.15) is 0 Å². The van der Waals surface area contributed by atoms with Crippen molar-refractivity contribution in [3.8, 4) is 0 Å². The molecule has 0 bridgehead atoms. The minimum Gasteiger partial charge on any atom is -0.370 e. The van der Waals surface area contributed by atoms with Crippen LogP contribution in [-0.4, -0.2) is 25.0 Å². The first-order valence-corrected chi connectivity index (χ1v) is 10.9. The summed E-state index contributed by atoms with van der Waals surface area (Å²) in [6.45, 7) is 2.99. The zero-order valence-electron chi connectivity index (χ0n) is 17.9. The molecule has 0 fully saturated rings. The van der Waals surface area contributed by atoms with Gasteiger partial charge in [0.25, 0.3) is 0 Å². The van der Waals surface area contributed by atoms with E-state index < -0.39 is 0 Å². The van der Waals surface area contributed by atoms with Crippen molar-refractivity contribution in [2.45, 2.75) is 51.6 Å². The van der Waals surface area contributed by atoms with Crippen LogP contribution in [0.15, 0.2) is 70.6 Å². The summed E-state index contributed by atoms with van der Waals surface area (Å²) < 4.78 is 0. The van der Waals surface area contributed by atoms with E-state index in [4.69, 9.17) is 11.5 Å². The summed E-state index contributed by atoms with van der Waals surface area (Å²) in [6.07, 6.45) is 7.10. The topological polar surface area (TPSA) is 101 Å². The normalized spacial score (nSPS) is 12.0. The average Bonchev–Trinajstić information content (AvgIpc) is 2.79. The monoisotopic (exact) mass is 408 g/mol. The first-order chi connectivity index (χ1) is 14.7. The predicted octanol–water partition coefficient (Wildman–Crippen LogP) is 3.54. The zero-order valence-corrected chi connectivity index (χ0v) is 17.9. The fourth-order valence-corrected chi connectivity index (χ4v) is 3.02. The van der Waals surface area contributed by atoms with Crippen LogP contribution in [0.1, 0.15) is 49.7 Å². The zero-order chi connectivity index (χ0) is 21.3. The number of nitrogens with two attached hydrogens (primary N) is 2. The lowest BCUT2D eigenvalue weighted by Crippen LogP contribution is -2.32. The maximum atomic E-state index is 5.91. The summed E-state index contributed by atoms with van der Waals surface area (Å²) in [7, 11) is 0. The maximum absolute atomic E-state index is 5.91. The summed E-state index contributed by atoms with van der Waals surface area (Å²) in [5, 5.41) is 6.38. The quantitative estimate of drug-likeness (QED) is 0.231. The summed E-state index contributed by atoms with van der Waals surface area (Å²) in [6, 6.07) is 20.3. The molecule has 0 radical (unpaired) electrons. The highest BCUT2D eigenvalue weighted by molar-refractivity contribution is 5.78. The molecule has 0 aliphatic heterocycles. The van der Waals surface area contributed by atoms with E-state index in [1.54, 1.807) is 0 Å². The third-order valence-electron chi connectivity index (χ3n) is 4.77. The number of rotatable bonds is 13. The van der Waals surface area contributed by atoms with Gasteiger partial charge in [-0.3, -0.25) is 0 Å². The Morgan fingerprint density at radius 1 is 0.567 bits per heavy atom.